The van der Waals surface area contributed by atoms with Gasteiger partial charge in [0.05, 0.1) is 0 Å². The van der Waals surface area contributed by atoms with Crippen molar-refractivity contribution in [2.24, 2.45) is 0 Å². The molecule has 0 aliphatic rings. The van der Waals surface area contributed by atoms with Gasteiger partial charge in [0.15, 0.2) is 0 Å². The number of benzene rings is 3. The average molecular weight is 373 g/mol. The smallest absolute Gasteiger partial charge is 0.253 e. The standard InChI is InChI=1S/C24H23NO3/c1-27-23(17-12-19-8-4-2-5-9-19)25-24(26)21-13-15-22(16-14-21)28-18-20-10-6-3-7-11-20/h2-17,23H,18H2,1H3,(H,25,26)/b17-12+. The number of amides is 1. The quantitative estimate of drug-likeness (QED) is 0.583. The van der Waals surface area contributed by atoms with E-state index in [1.54, 1.807) is 31.4 Å². The zero-order valence-electron chi connectivity index (χ0n) is 15.7. The van der Waals surface area contributed by atoms with E-state index >= 15 is 0 Å². The van der Waals surface area contributed by atoms with Gasteiger partial charge >= 0.3 is 0 Å². The van der Waals surface area contributed by atoms with Crippen molar-refractivity contribution in [3.63, 3.8) is 0 Å². The molecule has 0 fully saturated rings. The number of carbonyl (C=O) groups is 1. The van der Waals surface area contributed by atoms with E-state index in [4.69, 9.17) is 9.47 Å². The third-order valence-corrected chi connectivity index (χ3v) is 4.16. The van der Waals surface area contributed by atoms with E-state index in [1.165, 1.54) is 0 Å². The predicted molar refractivity (Wildman–Crippen MR) is 111 cm³/mol. The Labute approximate surface area is 165 Å². The van der Waals surface area contributed by atoms with Crippen LogP contribution in [-0.2, 0) is 11.3 Å². The first-order valence-electron chi connectivity index (χ1n) is 9.08. The molecule has 0 saturated heterocycles. The Bertz CT molecular complexity index is 890. The summed E-state index contributed by atoms with van der Waals surface area (Å²) >= 11 is 0. The van der Waals surface area contributed by atoms with Crippen molar-refractivity contribution >= 4 is 12.0 Å². The summed E-state index contributed by atoms with van der Waals surface area (Å²) in [6.07, 6.45) is 3.21. The molecule has 3 aromatic carbocycles. The van der Waals surface area contributed by atoms with Crippen molar-refractivity contribution in [3.05, 3.63) is 108 Å². The van der Waals surface area contributed by atoms with Crippen LogP contribution < -0.4 is 10.1 Å². The third kappa shape index (κ3) is 5.83. The van der Waals surface area contributed by atoms with Crippen molar-refractivity contribution in [1.82, 2.24) is 5.32 Å². The van der Waals surface area contributed by atoms with Crippen molar-refractivity contribution in [2.75, 3.05) is 7.11 Å². The van der Waals surface area contributed by atoms with E-state index in [0.29, 0.717) is 17.9 Å². The highest BCUT2D eigenvalue weighted by molar-refractivity contribution is 5.94. The topological polar surface area (TPSA) is 47.6 Å². The molecular weight excluding hydrogens is 350 g/mol. The van der Waals surface area contributed by atoms with Gasteiger partial charge in [0, 0.05) is 12.7 Å². The Kier molecular flexibility index (Phi) is 6.99. The van der Waals surface area contributed by atoms with E-state index in [0.717, 1.165) is 11.1 Å². The highest BCUT2D eigenvalue weighted by Crippen LogP contribution is 2.14. The minimum absolute atomic E-state index is 0.209. The minimum atomic E-state index is -0.512. The minimum Gasteiger partial charge on any atom is -0.489 e. The monoisotopic (exact) mass is 373 g/mol. The maximum absolute atomic E-state index is 12.5. The Balaban J connectivity index is 1.55. The summed E-state index contributed by atoms with van der Waals surface area (Å²) in [5.41, 5.74) is 2.68. The van der Waals surface area contributed by atoms with Crippen molar-refractivity contribution in [1.29, 1.82) is 0 Å². The lowest BCUT2D eigenvalue weighted by atomic mass is 10.2. The van der Waals surface area contributed by atoms with Gasteiger partial charge in [0.25, 0.3) is 5.91 Å². The fourth-order valence-corrected chi connectivity index (χ4v) is 2.60. The Hall–Kier alpha value is -3.37. The molecule has 4 nitrogen and oxygen atoms in total. The maximum atomic E-state index is 12.5. The second-order valence-electron chi connectivity index (χ2n) is 6.20. The molecule has 0 saturated carbocycles. The molecule has 28 heavy (non-hydrogen) atoms. The lowest BCUT2D eigenvalue weighted by Crippen LogP contribution is -2.34. The van der Waals surface area contributed by atoms with Gasteiger partial charge in [-0.15, -0.1) is 0 Å². The number of hydrogen-bond acceptors (Lipinski definition) is 3. The lowest BCUT2D eigenvalue weighted by molar-refractivity contribution is 0.0748. The Morgan fingerprint density at radius 2 is 1.57 bits per heavy atom. The van der Waals surface area contributed by atoms with Crippen LogP contribution in [-0.4, -0.2) is 19.2 Å². The zero-order chi connectivity index (χ0) is 19.6. The van der Waals surface area contributed by atoms with Gasteiger partial charge in [-0.1, -0.05) is 66.7 Å². The molecule has 142 valence electrons. The van der Waals surface area contributed by atoms with Crippen LogP contribution in [0.1, 0.15) is 21.5 Å². The number of nitrogens with one attached hydrogen (secondary N) is 1. The molecule has 1 amide bonds. The van der Waals surface area contributed by atoms with Crippen LogP contribution in [0.2, 0.25) is 0 Å². The number of ether oxygens (including phenoxy) is 2. The molecule has 1 N–H and O–H groups in total. The van der Waals surface area contributed by atoms with Gasteiger partial charge in [-0.05, 0) is 41.5 Å². The fourth-order valence-electron chi connectivity index (χ4n) is 2.60. The highest BCUT2D eigenvalue weighted by atomic mass is 16.5. The van der Waals surface area contributed by atoms with Crippen molar-refractivity contribution in [3.8, 4) is 5.75 Å². The first kappa shape index (κ1) is 19.4. The van der Waals surface area contributed by atoms with Gasteiger partial charge in [-0.25, -0.2) is 0 Å². The van der Waals surface area contributed by atoms with Crippen LogP contribution in [0.4, 0.5) is 0 Å². The van der Waals surface area contributed by atoms with Gasteiger partial charge in [0.1, 0.15) is 18.6 Å². The number of methoxy groups -OCH3 is 1. The molecule has 3 aromatic rings. The van der Waals surface area contributed by atoms with Crippen molar-refractivity contribution < 1.29 is 14.3 Å². The van der Waals surface area contributed by atoms with E-state index in [2.05, 4.69) is 5.32 Å². The summed E-state index contributed by atoms with van der Waals surface area (Å²) in [6, 6.07) is 26.9. The molecule has 0 aliphatic carbocycles. The second kappa shape index (κ2) is 10.1. The summed E-state index contributed by atoms with van der Waals surface area (Å²) < 4.78 is 11.1. The second-order valence-corrected chi connectivity index (χ2v) is 6.20. The van der Waals surface area contributed by atoms with E-state index in [9.17, 15) is 4.79 Å². The SMILES string of the molecule is COC(/C=C/c1ccccc1)NC(=O)c1ccc(OCc2ccccc2)cc1. The van der Waals surface area contributed by atoms with Gasteiger partial charge in [0.2, 0.25) is 0 Å². The molecule has 3 rings (SSSR count). The molecule has 0 bridgehead atoms. The Morgan fingerprint density at radius 1 is 0.929 bits per heavy atom. The van der Waals surface area contributed by atoms with Gasteiger partial charge < -0.3 is 14.8 Å². The number of hydrogen-bond donors (Lipinski definition) is 1. The van der Waals surface area contributed by atoms with E-state index in [1.807, 2.05) is 72.8 Å². The molecule has 1 atom stereocenters. The lowest BCUT2D eigenvalue weighted by Gasteiger charge is -2.14. The number of carbonyl (C=O) groups excluding carboxylic acids is 1. The molecule has 0 aliphatic heterocycles. The van der Waals surface area contributed by atoms with Crippen LogP contribution in [0.3, 0.4) is 0 Å². The third-order valence-electron chi connectivity index (χ3n) is 4.16. The van der Waals surface area contributed by atoms with Crippen LogP contribution in [0.25, 0.3) is 6.08 Å². The van der Waals surface area contributed by atoms with Crippen LogP contribution in [0, 0.1) is 0 Å². The summed E-state index contributed by atoms with van der Waals surface area (Å²) in [7, 11) is 1.56. The van der Waals surface area contributed by atoms with Crippen LogP contribution in [0.15, 0.2) is 91.0 Å². The molecule has 4 heteroatoms. The zero-order valence-corrected chi connectivity index (χ0v) is 15.7. The van der Waals surface area contributed by atoms with E-state index < -0.39 is 6.23 Å². The van der Waals surface area contributed by atoms with Gasteiger partial charge in [-0.3, -0.25) is 4.79 Å². The van der Waals surface area contributed by atoms with Crippen LogP contribution >= 0.6 is 0 Å². The molecule has 1 unspecified atom stereocenters. The molecule has 0 aromatic heterocycles. The molecule has 0 radical (unpaired) electrons. The van der Waals surface area contributed by atoms with Crippen LogP contribution in [0.5, 0.6) is 5.75 Å². The Morgan fingerprint density at radius 3 is 2.21 bits per heavy atom. The first-order chi connectivity index (χ1) is 13.7. The summed E-state index contributed by atoms with van der Waals surface area (Å²) in [5.74, 6) is 0.506. The van der Waals surface area contributed by atoms with E-state index in [-0.39, 0.29) is 5.91 Å². The fraction of sp³-hybridized carbons (Fsp3) is 0.125. The normalized spacial score (nSPS) is 11.9. The molecule has 0 spiro atoms. The highest BCUT2D eigenvalue weighted by Gasteiger charge is 2.10. The summed E-state index contributed by atoms with van der Waals surface area (Å²) in [6.45, 7) is 0.489. The number of rotatable bonds is 8. The van der Waals surface area contributed by atoms with Gasteiger partial charge in [-0.2, -0.15) is 0 Å². The first-order valence-corrected chi connectivity index (χ1v) is 9.08. The molecule has 0 heterocycles. The summed E-state index contributed by atoms with van der Waals surface area (Å²) in [5, 5.41) is 2.84. The maximum Gasteiger partial charge on any atom is 0.253 e. The van der Waals surface area contributed by atoms with Crippen molar-refractivity contribution in [2.45, 2.75) is 12.8 Å². The average Bonchev–Trinajstić information content (AvgIpc) is 2.77. The predicted octanol–water partition coefficient (Wildman–Crippen LogP) is 4.68. The summed E-state index contributed by atoms with van der Waals surface area (Å²) in [4.78, 5) is 12.5. The largest absolute Gasteiger partial charge is 0.489 e. The molecular formula is C24H23NO3.